The lowest BCUT2D eigenvalue weighted by Gasteiger charge is -2.21. The number of hydrogen-bond donors (Lipinski definition) is 0. The van der Waals surface area contributed by atoms with E-state index in [0.717, 1.165) is 11.1 Å². The van der Waals surface area contributed by atoms with Gasteiger partial charge in [-0.25, -0.2) is 0 Å². The molecular weight excluding hydrogens is 388 g/mol. The zero-order valence-corrected chi connectivity index (χ0v) is 18.4. The lowest BCUT2D eigenvalue weighted by molar-refractivity contribution is -0.144. The summed E-state index contributed by atoms with van der Waals surface area (Å²) in [5.41, 5.74) is 1.71. The van der Waals surface area contributed by atoms with E-state index >= 15 is 0 Å². The molecule has 0 aliphatic rings. The maximum Gasteiger partial charge on any atom is 0.316 e. The van der Waals surface area contributed by atoms with E-state index in [1.165, 1.54) is 0 Å². The highest BCUT2D eigenvalue weighted by atomic mass is 16.7. The number of hydrogen-bond acceptors (Lipinski definition) is 4. The summed E-state index contributed by atoms with van der Waals surface area (Å²) >= 11 is 0. The highest BCUT2D eigenvalue weighted by molar-refractivity contribution is 5.78. The summed E-state index contributed by atoms with van der Waals surface area (Å²) < 4.78 is 17.7. The third-order valence-corrected chi connectivity index (χ3v) is 5.26. The molecule has 0 saturated heterocycles. The third-order valence-electron chi connectivity index (χ3n) is 5.26. The molecule has 0 N–H and O–H groups in total. The van der Waals surface area contributed by atoms with Crippen LogP contribution in [0.4, 0.5) is 0 Å². The summed E-state index contributed by atoms with van der Waals surface area (Å²) in [5, 5.41) is 0. The van der Waals surface area contributed by atoms with Crippen LogP contribution in [-0.4, -0.2) is 12.3 Å². The number of esters is 1. The fraction of sp³-hybridized carbons (Fsp3) is 0.296. The van der Waals surface area contributed by atoms with Gasteiger partial charge in [0.05, 0.1) is 12.0 Å². The predicted octanol–water partition coefficient (Wildman–Crippen LogP) is 6.19. The lowest BCUT2D eigenvalue weighted by Crippen LogP contribution is -2.28. The first kappa shape index (κ1) is 22.6. The van der Waals surface area contributed by atoms with Gasteiger partial charge in [-0.05, 0) is 55.7 Å². The van der Waals surface area contributed by atoms with Crippen molar-refractivity contribution in [2.45, 2.75) is 46.5 Å². The van der Waals surface area contributed by atoms with Crippen molar-refractivity contribution < 1.29 is 19.0 Å². The van der Waals surface area contributed by atoms with Gasteiger partial charge in [-0.1, -0.05) is 67.6 Å². The van der Waals surface area contributed by atoms with Crippen molar-refractivity contribution in [1.82, 2.24) is 0 Å². The number of benzene rings is 3. The van der Waals surface area contributed by atoms with Crippen LogP contribution < -0.4 is 9.47 Å². The molecule has 31 heavy (non-hydrogen) atoms. The maximum absolute atomic E-state index is 12.3. The SMILES string of the molecule is CCC(C)(C)C(=O)Oc1ccc(OC(Cc2ccccc2)OCc2ccccc2)cc1. The molecule has 3 rings (SSSR count). The second-order valence-corrected chi connectivity index (χ2v) is 8.13. The zero-order valence-electron chi connectivity index (χ0n) is 18.4. The molecule has 1 unspecified atom stereocenters. The first-order chi connectivity index (χ1) is 15.0. The first-order valence-electron chi connectivity index (χ1n) is 10.6. The van der Waals surface area contributed by atoms with E-state index in [0.29, 0.717) is 30.9 Å². The van der Waals surface area contributed by atoms with Crippen LogP contribution in [0.25, 0.3) is 0 Å². The van der Waals surface area contributed by atoms with Gasteiger partial charge >= 0.3 is 5.97 Å². The molecule has 0 radical (unpaired) electrons. The van der Waals surface area contributed by atoms with Crippen molar-refractivity contribution >= 4 is 5.97 Å². The summed E-state index contributed by atoms with van der Waals surface area (Å²) in [6.45, 7) is 6.19. The minimum absolute atomic E-state index is 0.239. The van der Waals surface area contributed by atoms with Crippen molar-refractivity contribution in [2.24, 2.45) is 5.41 Å². The maximum atomic E-state index is 12.3. The molecule has 0 aliphatic carbocycles. The minimum atomic E-state index is -0.513. The van der Waals surface area contributed by atoms with Crippen LogP contribution in [0.1, 0.15) is 38.3 Å². The summed E-state index contributed by atoms with van der Waals surface area (Å²) in [7, 11) is 0. The average Bonchev–Trinajstić information content (AvgIpc) is 2.80. The van der Waals surface area contributed by atoms with Crippen LogP contribution in [0, 0.1) is 5.41 Å². The molecule has 3 aromatic carbocycles. The third kappa shape index (κ3) is 6.97. The van der Waals surface area contributed by atoms with Gasteiger partial charge < -0.3 is 14.2 Å². The standard InChI is InChI=1S/C27H30O4/c1-4-27(2,3)26(28)31-24-17-15-23(16-18-24)30-25(19-21-11-7-5-8-12-21)29-20-22-13-9-6-10-14-22/h5-18,25H,4,19-20H2,1-3H3. The van der Waals surface area contributed by atoms with Crippen molar-refractivity contribution in [1.29, 1.82) is 0 Å². The monoisotopic (exact) mass is 418 g/mol. The highest BCUT2D eigenvalue weighted by Gasteiger charge is 2.27. The average molecular weight is 419 g/mol. The lowest BCUT2D eigenvalue weighted by atomic mass is 9.91. The van der Waals surface area contributed by atoms with Crippen LogP contribution in [0.15, 0.2) is 84.9 Å². The molecule has 0 heterocycles. The molecule has 4 heteroatoms. The quantitative estimate of drug-likeness (QED) is 0.224. The van der Waals surface area contributed by atoms with E-state index in [1.807, 2.05) is 69.3 Å². The second-order valence-electron chi connectivity index (χ2n) is 8.13. The summed E-state index contributed by atoms with van der Waals surface area (Å²) in [6, 6.07) is 27.2. The van der Waals surface area contributed by atoms with Crippen molar-refractivity contribution in [3.8, 4) is 11.5 Å². The molecule has 0 aromatic heterocycles. The smallest absolute Gasteiger partial charge is 0.316 e. The Hall–Kier alpha value is -3.11. The minimum Gasteiger partial charge on any atom is -0.465 e. The Morgan fingerprint density at radius 2 is 1.35 bits per heavy atom. The Morgan fingerprint density at radius 1 is 0.806 bits per heavy atom. The van der Waals surface area contributed by atoms with Crippen molar-refractivity contribution in [3.63, 3.8) is 0 Å². The molecule has 1 atom stereocenters. The number of rotatable bonds is 10. The number of ether oxygens (including phenoxy) is 3. The molecular formula is C27H30O4. The Morgan fingerprint density at radius 3 is 1.94 bits per heavy atom. The summed E-state index contributed by atoms with van der Waals surface area (Å²) in [5.74, 6) is 0.920. The second kappa shape index (κ2) is 10.8. The Labute approximate surface area is 184 Å². The predicted molar refractivity (Wildman–Crippen MR) is 122 cm³/mol. The van der Waals surface area contributed by atoms with Gasteiger partial charge in [0.1, 0.15) is 11.5 Å². The Balaban J connectivity index is 1.65. The fourth-order valence-electron chi connectivity index (χ4n) is 2.83. The molecule has 162 valence electrons. The largest absolute Gasteiger partial charge is 0.465 e. The van der Waals surface area contributed by atoms with Crippen LogP contribution in [0.5, 0.6) is 11.5 Å². The number of carbonyl (C=O) groups is 1. The van der Waals surface area contributed by atoms with E-state index < -0.39 is 11.7 Å². The van der Waals surface area contributed by atoms with E-state index in [1.54, 1.807) is 24.3 Å². The summed E-state index contributed by atoms with van der Waals surface area (Å²) in [4.78, 5) is 12.3. The molecule has 0 spiro atoms. The molecule has 0 amide bonds. The first-order valence-corrected chi connectivity index (χ1v) is 10.6. The van der Waals surface area contributed by atoms with E-state index in [2.05, 4.69) is 12.1 Å². The van der Waals surface area contributed by atoms with Gasteiger partial charge in [0, 0.05) is 6.42 Å². The Bertz CT molecular complexity index is 934. The fourth-order valence-corrected chi connectivity index (χ4v) is 2.83. The normalized spacial score (nSPS) is 12.2. The molecule has 0 fully saturated rings. The molecule has 4 nitrogen and oxygen atoms in total. The van der Waals surface area contributed by atoms with Crippen molar-refractivity contribution in [2.75, 3.05) is 0 Å². The van der Waals surface area contributed by atoms with Crippen LogP contribution in [0.2, 0.25) is 0 Å². The van der Waals surface area contributed by atoms with Gasteiger partial charge in [0.15, 0.2) is 0 Å². The van der Waals surface area contributed by atoms with Crippen molar-refractivity contribution in [3.05, 3.63) is 96.1 Å². The topological polar surface area (TPSA) is 44.8 Å². The van der Waals surface area contributed by atoms with E-state index in [-0.39, 0.29) is 5.97 Å². The van der Waals surface area contributed by atoms with Crippen LogP contribution >= 0.6 is 0 Å². The van der Waals surface area contributed by atoms with E-state index in [4.69, 9.17) is 14.2 Å². The number of carbonyl (C=O) groups excluding carboxylic acids is 1. The Kier molecular flexibility index (Phi) is 7.85. The van der Waals surface area contributed by atoms with Gasteiger partial charge in [0.25, 0.3) is 0 Å². The van der Waals surface area contributed by atoms with Gasteiger partial charge in [-0.2, -0.15) is 0 Å². The zero-order chi connectivity index (χ0) is 22.1. The van der Waals surface area contributed by atoms with E-state index in [9.17, 15) is 4.79 Å². The molecule has 0 aliphatic heterocycles. The molecule has 3 aromatic rings. The molecule has 0 bridgehead atoms. The van der Waals surface area contributed by atoms with Crippen LogP contribution in [0.3, 0.4) is 0 Å². The van der Waals surface area contributed by atoms with Gasteiger partial charge in [-0.15, -0.1) is 0 Å². The van der Waals surface area contributed by atoms with Crippen LogP contribution in [-0.2, 0) is 22.6 Å². The van der Waals surface area contributed by atoms with Gasteiger partial charge in [0.2, 0.25) is 6.29 Å². The van der Waals surface area contributed by atoms with Gasteiger partial charge in [-0.3, -0.25) is 4.79 Å². The summed E-state index contributed by atoms with van der Waals surface area (Å²) in [6.07, 6.45) is 0.886. The molecule has 0 saturated carbocycles. The highest BCUT2D eigenvalue weighted by Crippen LogP contribution is 2.25.